The number of hydrogen-bond donors (Lipinski definition) is 1. The van der Waals surface area contributed by atoms with Crippen LogP contribution in [0.2, 0.25) is 0 Å². The highest BCUT2D eigenvalue weighted by Crippen LogP contribution is 2.15. The molecule has 0 heterocycles. The van der Waals surface area contributed by atoms with Crippen molar-refractivity contribution in [3.63, 3.8) is 0 Å². The van der Waals surface area contributed by atoms with Crippen LogP contribution in [0.5, 0.6) is 0 Å². The molecule has 0 aromatic heterocycles. The van der Waals surface area contributed by atoms with Crippen molar-refractivity contribution in [3.05, 3.63) is 0 Å². The van der Waals surface area contributed by atoms with Crippen molar-refractivity contribution in [1.29, 1.82) is 0 Å². The van der Waals surface area contributed by atoms with Crippen LogP contribution in [0.1, 0.15) is 162 Å². The van der Waals surface area contributed by atoms with Gasteiger partial charge in [0.1, 0.15) is 6.10 Å². The first-order valence-electron chi connectivity index (χ1n) is 15.7. The number of esters is 2. The Balaban J connectivity index is 3.47. The monoisotopic (exact) mass is 511 g/mol. The van der Waals surface area contributed by atoms with Gasteiger partial charge in [0.05, 0.1) is 6.61 Å². The number of carbonyl (C=O) groups is 2. The summed E-state index contributed by atoms with van der Waals surface area (Å²) in [5.41, 5.74) is 0. The van der Waals surface area contributed by atoms with E-state index in [2.05, 4.69) is 26.1 Å². The standard InChI is InChI=1S/C31H61NO4/c1-4-7-10-11-12-16-20-28-35-30(33)25-21-27-32-26-19-15-13-14-18-24-31(34)36-29(22-9-6-3)23-17-8-5-2/h29,32H,4-28H2,1-3H3. The third-order valence-electron chi connectivity index (χ3n) is 6.79. The summed E-state index contributed by atoms with van der Waals surface area (Å²) in [6.45, 7) is 9.08. The second kappa shape index (κ2) is 28.5. The van der Waals surface area contributed by atoms with Gasteiger partial charge < -0.3 is 14.8 Å². The van der Waals surface area contributed by atoms with Crippen LogP contribution in [-0.2, 0) is 19.1 Å². The van der Waals surface area contributed by atoms with E-state index in [0.29, 0.717) is 19.4 Å². The average molecular weight is 512 g/mol. The van der Waals surface area contributed by atoms with E-state index in [1.807, 2.05) is 0 Å². The highest BCUT2D eigenvalue weighted by molar-refractivity contribution is 5.69. The lowest BCUT2D eigenvalue weighted by Crippen LogP contribution is -2.18. The topological polar surface area (TPSA) is 64.6 Å². The molecule has 0 amide bonds. The van der Waals surface area contributed by atoms with Crippen LogP contribution < -0.4 is 5.32 Å². The van der Waals surface area contributed by atoms with Gasteiger partial charge in [0.25, 0.3) is 0 Å². The summed E-state index contributed by atoms with van der Waals surface area (Å²) in [5.74, 6) is -0.0610. The number of rotatable bonds is 28. The lowest BCUT2D eigenvalue weighted by Gasteiger charge is -2.17. The van der Waals surface area contributed by atoms with Crippen LogP contribution in [-0.4, -0.2) is 37.7 Å². The zero-order chi connectivity index (χ0) is 26.5. The maximum absolute atomic E-state index is 12.2. The molecule has 1 N–H and O–H groups in total. The molecule has 0 aromatic rings. The van der Waals surface area contributed by atoms with Gasteiger partial charge in [-0.2, -0.15) is 0 Å². The van der Waals surface area contributed by atoms with E-state index in [1.54, 1.807) is 0 Å². The van der Waals surface area contributed by atoms with E-state index >= 15 is 0 Å². The summed E-state index contributed by atoms with van der Waals surface area (Å²) in [5, 5.41) is 3.43. The number of unbranched alkanes of at least 4 members (excludes halogenated alkanes) is 13. The number of carbonyl (C=O) groups excluding carboxylic acids is 2. The van der Waals surface area contributed by atoms with Crippen LogP contribution in [0.25, 0.3) is 0 Å². The summed E-state index contributed by atoms with van der Waals surface area (Å²) in [7, 11) is 0. The minimum atomic E-state index is -0.0565. The van der Waals surface area contributed by atoms with Crippen molar-refractivity contribution in [2.45, 2.75) is 168 Å². The third-order valence-corrected chi connectivity index (χ3v) is 6.79. The molecule has 0 radical (unpaired) electrons. The Kier molecular flexibility index (Phi) is 27.6. The van der Waals surface area contributed by atoms with E-state index in [0.717, 1.165) is 83.7 Å². The minimum absolute atomic E-state index is 0.00444. The van der Waals surface area contributed by atoms with Gasteiger partial charge in [0.2, 0.25) is 0 Å². The van der Waals surface area contributed by atoms with Gasteiger partial charge in [-0.25, -0.2) is 0 Å². The first-order chi connectivity index (χ1) is 17.6. The van der Waals surface area contributed by atoms with Gasteiger partial charge in [-0.05, 0) is 58.0 Å². The fourth-order valence-electron chi connectivity index (χ4n) is 4.41. The van der Waals surface area contributed by atoms with Crippen molar-refractivity contribution < 1.29 is 19.1 Å². The molecule has 0 bridgehead atoms. The fourth-order valence-corrected chi connectivity index (χ4v) is 4.41. The Labute approximate surface area is 224 Å². The second-order valence-electron chi connectivity index (χ2n) is 10.5. The molecule has 5 heteroatoms. The van der Waals surface area contributed by atoms with Gasteiger partial charge in [0, 0.05) is 12.8 Å². The second-order valence-corrected chi connectivity index (χ2v) is 10.5. The van der Waals surface area contributed by atoms with E-state index in [1.165, 1.54) is 57.8 Å². The van der Waals surface area contributed by atoms with Crippen molar-refractivity contribution >= 4 is 11.9 Å². The predicted octanol–water partition coefficient (Wildman–Crippen LogP) is 8.67. The molecule has 1 atom stereocenters. The summed E-state index contributed by atoms with van der Waals surface area (Å²) >= 11 is 0. The normalized spacial score (nSPS) is 12.0. The number of nitrogens with one attached hydrogen (secondary N) is 1. The van der Waals surface area contributed by atoms with Crippen molar-refractivity contribution in [2.75, 3.05) is 19.7 Å². The van der Waals surface area contributed by atoms with Crippen molar-refractivity contribution in [1.82, 2.24) is 5.32 Å². The molecule has 5 nitrogen and oxygen atoms in total. The molecule has 0 aliphatic rings. The number of hydrogen-bond acceptors (Lipinski definition) is 5. The van der Waals surface area contributed by atoms with Crippen LogP contribution in [0.4, 0.5) is 0 Å². The first kappa shape index (κ1) is 34.9. The molecule has 0 saturated carbocycles. The molecular formula is C31H61NO4. The quantitative estimate of drug-likeness (QED) is 0.0840. The summed E-state index contributed by atoms with van der Waals surface area (Å²) < 4.78 is 11.1. The lowest BCUT2D eigenvalue weighted by atomic mass is 10.1. The summed E-state index contributed by atoms with van der Waals surface area (Å²) in [6, 6.07) is 0. The van der Waals surface area contributed by atoms with Gasteiger partial charge in [0.15, 0.2) is 0 Å². The van der Waals surface area contributed by atoms with Gasteiger partial charge in [-0.3, -0.25) is 9.59 Å². The van der Waals surface area contributed by atoms with E-state index in [-0.39, 0.29) is 18.0 Å². The Morgan fingerprint density at radius 3 is 1.81 bits per heavy atom. The molecule has 0 spiro atoms. The Morgan fingerprint density at radius 2 is 1.08 bits per heavy atom. The SMILES string of the molecule is CCCCCCCCCOC(=O)CCCNCCCCCCCC(=O)OC(CCCC)CCCCC. The van der Waals surface area contributed by atoms with Gasteiger partial charge in [-0.15, -0.1) is 0 Å². The smallest absolute Gasteiger partial charge is 0.306 e. The molecule has 36 heavy (non-hydrogen) atoms. The Morgan fingerprint density at radius 1 is 0.556 bits per heavy atom. The Bertz CT molecular complexity index is 483. The largest absolute Gasteiger partial charge is 0.466 e. The molecule has 0 fully saturated rings. The van der Waals surface area contributed by atoms with E-state index < -0.39 is 0 Å². The first-order valence-corrected chi connectivity index (χ1v) is 15.7. The molecule has 0 saturated heterocycles. The summed E-state index contributed by atoms with van der Waals surface area (Å²) in [6.07, 6.45) is 24.1. The number of ether oxygens (including phenoxy) is 2. The zero-order valence-electron chi connectivity index (χ0n) is 24.4. The highest BCUT2D eigenvalue weighted by atomic mass is 16.5. The third kappa shape index (κ3) is 26.0. The minimum Gasteiger partial charge on any atom is -0.466 e. The molecule has 1 unspecified atom stereocenters. The van der Waals surface area contributed by atoms with Crippen molar-refractivity contribution in [2.24, 2.45) is 0 Å². The van der Waals surface area contributed by atoms with E-state index in [4.69, 9.17) is 9.47 Å². The molecular weight excluding hydrogens is 450 g/mol. The van der Waals surface area contributed by atoms with Crippen LogP contribution in [0, 0.1) is 0 Å². The van der Waals surface area contributed by atoms with Crippen LogP contribution >= 0.6 is 0 Å². The molecule has 0 aromatic carbocycles. The van der Waals surface area contributed by atoms with Crippen LogP contribution in [0.15, 0.2) is 0 Å². The van der Waals surface area contributed by atoms with Gasteiger partial charge >= 0.3 is 11.9 Å². The molecule has 0 aliphatic heterocycles. The van der Waals surface area contributed by atoms with Gasteiger partial charge in [-0.1, -0.05) is 104 Å². The maximum Gasteiger partial charge on any atom is 0.306 e. The highest BCUT2D eigenvalue weighted by Gasteiger charge is 2.13. The van der Waals surface area contributed by atoms with Crippen molar-refractivity contribution in [3.8, 4) is 0 Å². The summed E-state index contributed by atoms with van der Waals surface area (Å²) in [4.78, 5) is 24.0. The van der Waals surface area contributed by atoms with Crippen LogP contribution in [0.3, 0.4) is 0 Å². The zero-order valence-corrected chi connectivity index (χ0v) is 24.4. The maximum atomic E-state index is 12.2. The molecule has 0 rings (SSSR count). The Hall–Kier alpha value is -1.10. The lowest BCUT2D eigenvalue weighted by molar-refractivity contribution is -0.150. The molecule has 214 valence electrons. The predicted molar refractivity (Wildman–Crippen MR) is 152 cm³/mol. The van der Waals surface area contributed by atoms with E-state index in [9.17, 15) is 9.59 Å². The average Bonchev–Trinajstić information content (AvgIpc) is 2.87. The fraction of sp³-hybridized carbons (Fsp3) is 0.935. The molecule has 0 aliphatic carbocycles.